The van der Waals surface area contributed by atoms with Gasteiger partial charge in [-0.25, -0.2) is 0 Å². The van der Waals surface area contributed by atoms with Gasteiger partial charge in [0, 0.05) is 30.2 Å². The maximum absolute atomic E-state index is 12.4. The summed E-state index contributed by atoms with van der Waals surface area (Å²) in [6.07, 6.45) is 1.33. The van der Waals surface area contributed by atoms with E-state index in [1.54, 1.807) is 48.5 Å². The maximum atomic E-state index is 12.4. The number of nitrogens with one attached hydrogen (secondary N) is 3. The van der Waals surface area contributed by atoms with Crippen molar-refractivity contribution < 1.29 is 14.3 Å². The van der Waals surface area contributed by atoms with E-state index in [2.05, 4.69) is 16.0 Å². The van der Waals surface area contributed by atoms with E-state index in [9.17, 15) is 14.9 Å². The molecule has 0 saturated carbocycles. The first-order valence-corrected chi connectivity index (χ1v) is 9.42. The molecule has 0 aliphatic rings. The molecule has 0 fully saturated rings. The highest BCUT2D eigenvalue weighted by atomic mass is 16.5. The first kappa shape index (κ1) is 21.1. The molecule has 3 aromatic rings. The van der Waals surface area contributed by atoms with Crippen LogP contribution in [0.3, 0.4) is 0 Å². The van der Waals surface area contributed by atoms with Gasteiger partial charge in [-0.15, -0.1) is 0 Å². The fourth-order valence-electron chi connectivity index (χ4n) is 2.59. The van der Waals surface area contributed by atoms with Crippen LogP contribution in [0.25, 0.3) is 0 Å². The molecule has 154 valence electrons. The summed E-state index contributed by atoms with van der Waals surface area (Å²) in [6.45, 7) is 1.43. The highest BCUT2D eigenvalue weighted by molar-refractivity contribution is 6.06. The molecule has 0 spiro atoms. The summed E-state index contributed by atoms with van der Waals surface area (Å²) in [5.41, 5.74) is 1.76. The molecule has 0 unspecified atom stereocenters. The molecule has 0 aliphatic heterocycles. The summed E-state index contributed by atoms with van der Waals surface area (Å²) in [6, 6.07) is 25.0. The van der Waals surface area contributed by atoms with Crippen molar-refractivity contribution in [2.45, 2.75) is 6.92 Å². The van der Waals surface area contributed by atoms with Gasteiger partial charge in [-0.2, -0.15) is 5.26 Å². The van der Waals surface area contributed by atoms with Gasteiger partial charge in [-0.1, -0.05) is 18.2 Å². The number of ether oxygens (including phenoxy) is 1. The minimum Gasteiger partial charge on any atom is -0.457 e. The Hall–Kier alpha value is -4.57. The van der Waals surface area contributed by atoms with Gasteiger partial charge >= 0.3 is 0 Å². The summed E-state index contributed by atoms with van der Waals surface area (Å²) in [5, 5.41) is 17.6. The Morgan fingerprint density at radius 2 is 1.35 bits per heavy atom. The van der Waals surface area contributed by atoms with E-state index in [0.29, 0.717) is 28.6 Å². The predicted molar refractivity (Wildman–Crippen MR) is 120 cm³/mol. The fraction of sp³-hybridized carbons (Fsp3) is 0.0417. The van der Waals surface area contributed by atoms with Crippen molar-refractivity contribution >= 4 is 28.9 Å². The Balaban J connectivity index is 1.59. The quantitative estimate of drug-likeness (QED) is 0.378. The van der Waals surface area contributed by atoms with Crippen molar-refractivity contribution in [3.63, 3.8) is 0 Å². The number of nitrogens with zero attached hydrogens (tertiary/aromatic N) is 1. The van der Waals surface area contributed by atoms with Crippen LogP contribution in [0.1, 0.15) is 6.92 Å². The van der Waals surface area contributed by atoms with E-state index in [4.69, 9.17) is 4.74 Å². The summed E-state index contributed by atoms with van der Waals surface area (Å²) in [7, 11) is 0. The largest absolute Gasteiger partial charge is 0.457 e. The number of hydrogen-bond donors (Lipinski definition) is 3. The normalized spacial score (nSPS) is 10.5. The minimum atomic E-state index is -0.540. The standard InChI is InChI=1S/C24H20N4O3/c1-17(29)27-20-9-7-19(8-10-20)26-16-18(15-25)24(30)28-21-11-13-23(14-12-21)31-22-5-3-2-4-6-22/h2-14,16,26H,1H3,(H,27,29)(H,28,30)/b18-16-. The van der Waals surface area contributed by atoms with E-state index in [1.807, 2.05) is 36.4 Å². The Morgan fingerprint density at radius 3 is 1.97 bits per heavy atom. The number of nitriles is 1. The van der Waals surface area contributed by atoms with Gasteiger partial charge in [0.05, 0.1) is 0 Å². The molecule has 0 bridgehead atoms. The molecular weight excluding hydrogens is 392 g/mol. The van der Waals surface area contributed by atoms with Gasteiger partial charge in [0.25, 0.3) is 5.91 Å². The van der Waals surface area contributed by atoms with Gasteiger partial charge in [0.2, 0.25) is 5.91 Å². The van der Waals surface area contributed by atoms with E-state index in [1.165, 1.54) is 13.1 Å². The summed E-state index contributed by atoms with van der Waals surface area (Å²) in [5.74, 6) is 0.639. The second kappa shape index (κ2) is 10.3. The van der Waals surface area contributed by atoms with Crippen molar-refractivity contribution in [2.75, 3.05) is 16.0 Å². The van der Waals surface area contributed by atoms with Crippen molar-refractivity contribution in [2.24, 2.45) is 0 Å². The van der Waals surface area contributed by atoms with Crippen molar-refractivity contribution in [1.82, 2.24) is 0 Å². The van der Waals surface area contributed by atoms with Crippen molar-refractivity contribution in [3.8, 4) is 17.6 Å². The molecule has 3 rings (SSSR count). The highest BCUT2D eigenvalue weighted by Crippen LogP contribution is 2.23. The monoisotopic (exact) mass is 412 g/mol. The van der Waals surface area contributed by atoms with Gasteiger partial charge in [-0.3, -0.25) is 9.59 Å². The van der Waals surface area contributed by atoms with Crippen LogP contribution in [0.15, 0.2) is 90.6 Å². The van der Waals surface area contributed by atoms with Gasteiger partial charge in [0.1, 0.15) is 23.1 Å². The van der Waals surface area contributed by atoms with Crippen LogP contribution in [0, 0.1) is 11.3 Å². The van der Waals surface area contributed by atoms with Crippen molar-refractivity contribution in [1.29, 1.82) is 5.26 Å². The molecule has 0 aliphatic carbocycles. The number of carbonyl (C=O) groups is 2. The highest BCUT2D eigenvalue weighted by Gasteiger charge is 2.09. The lowest BCUT2D eigenvalue weighted by atomic mass is 10.2. The molecule has 0 saturated heterocycles. The lowest BCUT2D eigenvalue weighted by Crippen LogP contribution is -2.14. The number of rotatable bonds is 7. The second-order valence-electron chi connectivity index (χ2n) is 6.47. The molecule has 3 aromatic carbocycles. The average Bonchev–Trinajstić information content (AvgIpc) is 2.77. The fourth-order valence-corrected chi connectivity index (χ4v) is 2.59. The van der Waals surface area contributed by atoms with Gasteiger partial charge in [0.15, 0.2) is 0 Å². The zero-order valence-electron chi connectivity index (χ0n) is 16.8. The molecule has 3 N–H and O–H groups in total. The predicted octanol–water partition coefficient (Wildman–Crippen LogP) is 4.90. The zero-order valence-corrected chi connectivity index (χ0v) is 16.8. The lowest BCUT2D eigenvalue weighted by Gasteiger charge is -2.08. The molecule has 0 aromatic heterocycles. The molecule has 7 nitrogen and oxygen atoms in total. The Bertz CT molecular complexity index is 1120. The van der Waals surface area contributed by atoms with Crippen molar-refractivity contribution in [3.05, 3.63) is 90.6 Å². The topological polar surface area (TPSA) is 103 Å². The van der Waals surface area contributed by atoms with E-state index in [0.717, 1.165) is 0 Å². The van der Waals surface area contributed by atoms with Gasteiger partial charge in [-0.05, 0) is 60.7 Å². The van der Waals surface area contributed by atoms with Crippen LogP contribution in [0.2, 0.25) is 0 Å². The minimum absolute atomic E-state index is 0.0875. The molecule has 31 heavy (non-hydrogen) atoms. The third kappa shape index (κ3) is 6.48. The molecular formula is C24H20N4O3. The maximum Gasteiger partial charge on any atom is 0.267 e. The van der Waals surface area contributed by atoms with Crippen LogP contribution in [0.5, 0.6) is 11.5 Å². The average molecular weight is 412 g/mol. The Morgan fingerprint density at radius 1 is 0.806 bits per heavy atom. The summed E-state index contributed by atoms with van der Waals surface area (Å²) in [4.78, 5) is 23.4. The number of amides is 2. The first-order valence-electron chi connectivity index (χ1n) is 9.42. The number of para-hydroxylation sites is 1. The van der Waals surface area contributed by atoms with E-state index in [-0.39, 0.29) is 11.5 Å². The molecule has 7 heteroatoms. The second-order valence-corrected chi connectivity index (χ2v) is 6.47. The van der Waals surface area contributed by atoms with Crippen LogP contribution < -0.4 is 20.7 Å². The number of anilines is 3. The van der Waals surface area contributed by atoms with Gasteiger partial charge < -0.3 is 20.7 Å². The molecule has 0 heterocycles. The van der Waals surface area contributed by atoms with Crippen LogP contribution in [-0.4, -0.2) is 11.8 Å². The SMILES string of the molecule is CC(=O)Nc1ccc(N/C=C(/C#N)C(=O)Nc2ccc(Oc3ccccc3)cc2)cc1. The number of hydrogen-bond acceptors (Lipinski definition) is 5. The number of benzene rings is 3. The lowest BCUT2D eigenvalue weighted by molar-refractivity contribution is -0.114. The Kier molecular flexibility index (Phi) is 7.01. The van der Waals surface area contributed by atoms with Crippen LogP contribution in [0.4, 0.5) is 17.1 Å². The number of carbonyl (C=O) groups excluding carboxylic acids is 2. The summed E-state index contributed by atoms with van der Waals surface area (Å²) >= 11 is 0. The van der Waals surface area contributed by atoms with Crippen LogP contribution >= 0.6 is 0 Å². The molecule has 2 amide bonds. The zero-order chi connectivity index (χ0) is 22.1. The smallest absolute Gasteiger partial charge is 0.267 e. The third-order valence-corrected chi connectivity index (χ3v) is 4.04. The first-order chi connectivity index (χ1) is 15.0. The van der Waals surface area contributed by atoms with E-state index >= 15 is 0 Å². The van der Waals surface area contributed by atoms with E-state index < -0.39 is 5.91 Å². The van der Waals surface area contributed by atoms with Crippen LogP contribution in [-0.2, 0) is 9.59 Å². The molecule has 0 radical (unpaired) electrons. The third-order valence-electron chi connectivity index (χ3n) is 4.04. The molecule has 0 atom stereocenters. The Labute approximate surface area is 180 Å². The summed E-state index contributed by atoms with van der Waals surface area (Å²) < 4.78 is 5.71.